The van der Waals surface area contributed by atoms with E-state index in [1.807, 2.05) is 0 Å². The summed E-state index contributed by atoms with van der Waals surface area (Å²) in [6.45, 7) is -0.271. The predicted molar refractivity (Wildman–Crippen MR) is 77.2 cm³/mol. The number of aliphatic hydroxyl groups excluding tert-OH is 1. The number of rotatable bonds is 2. The first-order chi connectivity index (χ1) is 10.2. The number of nitrogens with zero attached hydrogens (tertiary/aromatic N) is 1. The van der Waals surface area contributed by atoms with E-state index in [1.165, 1.54) is 18.2 Å². The molecule has 0 aliphatic carbocycles. The lowest BCUT2D eigenvalue weighted by atomic mass is 10.3. The summed E-state index contributed by atoms with van der Waals surface area (Å²) in [4.78, 5) is 15.8. The van der Waals surface area contributed by atoms with Crippen LogP contribution in [0.5, 0.6) is 0 Å². The highest BCUT2D eigenvalue weighted by Crippen LogP contribution is 2.13. The number of anilines is 2. The molecule has 0 fully saturated rings. The number of carbonyl (C=O) groups is 1. The van der Waals surface area contributed by atoms with Gasteiger partial charge in [0.15, 0.2) is 0 Å². The van der Waals surface area contributed by atoms with Crippen molar-refractivity contribution in [3.05, 3.63) is 54.0 Å². The molecule has 1 aromatic heterocycles. The quantitative estimate of drug-likeness (QED) is 0.741. The smallest absolute Gasteiger partial charge is 0.324 e. The molecule has 2 aromatic rings. The lowest BCUT2D eigenvalue weighted by Crippen LogP contribution is -2.20. The van der Waals surface area contributed by atoms with Gasteiger partial charge in [-0.05, 0) is 30.2 Å². The summed E-state index contributed by atoms with van der Waals surface area (Å²) in [5.41, 5.74) is 0.485. The van der Waals surface area contributed by atoms with Crippen LogP contribution < -0.4 is 10.6 Å². The number of para-hydroxylation sites is 1. The zero-order valence-electron chi connectivity index (χ0n) is 10.9. The Balaban J connectivity index is 2.04. The number of aromatic nitrogens is 1. The highest BCUT2D eigenvalue weighted by molar-refractivity contribution is 5.99. The Hall–Kier alpha value is -2.91. The molecular formula is C15H12FN3O2. The van der Waals surface area contributed by atoms with Crippen molar-refractivity contribution >= 4 is 17.5 Å². The largest absolute Gasteiger partial charge is 0.384 e. The molecular weight excluding hydrogens is 273 g/mol. The molecule has 5 nitrogen and oxygen atoms in total. The van der Waals surface area contributed by atoms with Crippen LogP contribution in [0.2, 0.25) is 0 Å². The van der Waals surface area contributed by atoms with Crippen LogP contribution >= 0.6 is 0 Å². The number of carbonyl (C=O) groups excluding carboxylic acids is 1. The number of hydrogen-bond acceptors (Lipinski definition) is 3. The Kier molecular flexibility index (Phi) is 4.85. The van der Waals surface area contributed by atoms with Crippen LogP contribution in [-0.4, -0.2) is 22.7 Å². The molecule has 0 radical (unpaired) electrons. The van der Waals surface area contributed by atoms with Gasteiger partial charge in [-0.25, -0.2) is 14.2 Å². The molecule has 6 heteroatoms. The Labute approximate surface area is 120 Å². The third kappa shape index (κ3) is 4.30. The van der Waals surface area contributed by atoms with Gasteiger partial charge in [0.2, 0.25) is 0 Å². The number of pyridine rings is 1. The fourth-order valence-electron chi connectivity index (χ4n) is 1.54. The van der Waals surface area contributed by atoms with E-state index in [9.17, 15) is 9.18 Å². The van der Waals surface area contributed by atoms with Gasteiger partial charge in [0.05, 0.1) is 5.69 Å². The van der Waals surface area contributed by atoms with Crippen molar-refractivity contribution in [3.63, 3.8) is 0 Å². The van der Waals surface area contributed by atoms with Gasteiger partial charge in [-0.1, -0.05) is 24.1 Å². The minimum Gasteiger partial charge on any atom is -0.384 e. The van der Waals surface area contributed by atoms with Crippen LogP contribution in [0.4, 0.5) is 20.7 Å². The van der Waals surface area contributed by atoms with Gasteiger partial charge in [0, 0.05) is 0 Å². The highest BCUT2D eigenvalue weighted by atomic mass is 19.1. The predicted octanol–water partition coefficient (Wildman–Crippen LogP) is 2.21. The maximum atomic E-state index is 13.4. The zero-order valence-corrected chi connectivity index (χ0v) is 10.9. The molecule has 0 spiro atoms. The van der Waals surface area contributed by atoms with Crippen LogP contribution in [0.25, 0.3) is 0 Å². The normalized spacial score (nSPS) is 9.43. The summed E-state index contributed by atoms with van der Waals surface area (Å²) in [5.74, 6) is 4.83. The lowest BCUT2D eigenvalue weighted by Gasteiger charge is -2.07. The van der Waals surface area contributed by atoms with E-state index in [0.29, 0.717) is 5.69 Å². The van der Waals surface area contributed by atoms with Crippen molar-refractivity contribution in [1.29, 1.82) is 0 Å². The molecule has 0 saturated heterocycles. The van der Waals surface area contributed by atoms with Crippen molar-refractivity contribution in [2.45, 2.75) is 0 Å². The molecule has 0 unspecified atom stereocenters. The number of halogens is 1. The fraction of sp³-hybridized carbons (Fsp3) is 0.0667. The van der Waals surface area contributed by atoms with Crippen LogP contribution in [0, 0.1) is 17.7 Å². The van der Waals surface area contributed by atoms with Crippen LogP contribution in [0.15, 0.2) is 42.5 Å². The SMILES string of the molecule is O=C(Nc1cccc(C#CCO)n1)Nc1ccccc1F. The lowest BCUT2D eigenvalue weighted by molar-refractivity contribution is 0.262. The van der Waals surface area contributed by atoms with Crippen LogP contribution in [0.1, 0.15) is 5.69 Å². The van der Waals surface area contributed by atoms with Crippen molar-refractivity contribution < 1.29 is 14.3 Å². The van der Waals surface area contributed by atoms with Crippen molar-refractivity contribution in [3.8, 4) is 11.8 Å². The van der Waals surface area contributed by atoms with E-state index in [0.717, 1.165) is 0 Å². The van der Waals surface area contributed by atoms with Gasteiger partial charge < -0.3 is 10.4 Å². The zero-order chi connectivity index (χ0) is 15.1. The van der Waals surface area contributed by atoms with E-state index in [2.05, 4.69) is 27.5 Å². The van der Waals surface area contributed by atoms with E-state index in [-0.39, 0.29) is 18.1 Å². The summed E-state index contributed by atoms with van der Waals surface area (Å²) in [6.07, 6.45) is 0. The van der Waals surface area contributed by atoms with E-state index >= 15 is 0 Å². The molecule has 1 aromatic carbocycles. The van der Waals surface area contributed by atoms with Gasteiger partial charge in [-0.3, -0.25) is 5.32 Å². The topological polar surface area (TPSA) is 74.2 Å². The maximum Gasteiger partial charge on any atom is 0.324 e. The van der Waals surface area contributed by atoms with Gasteiger partial charge in [-0.2, -0.15) is 0 Å². The van der Waals surface area contributed by atoms with Gasteiger partial charge in [0.1, 0.15) is 23.9 Å². The molecule has 2 rings (SSSR count). The molecule has 21 heavy (non-hydrogen) atoms. The number of amides is 2. The highest BCUT2D eigenvalue weighted by Gasteiger charge is 2.06. The molecule has 2 amide bonds. The molecule has 0 atom stereocenters. The first-order valence-corrected chi connectivity index (χ1v) is 6.08. The standard InChI is InChI=1S/C15H12FN3O2/c16-12-7-1-2-8-13(12)18-15(21)19-14-9-3-5-11(17-14)6-4-10-20/h1-3,5,7-9,20H,10H2,(H2,17,18,19,21). The summed E-state index contributed by atoms with van der Waals surface area (Å²) in [6, 6.07) is 10.1. The Morgan fingerprint density at radius 3 is 2.76 bits per heavy atom. The molecule has 3 N–H and O–H groups in total. The molecule has 1 heterocycles. The summed E-state index contributed by atoms with van der Waals surface area (Å²) >= 11 is 0. The Bertz CT molecular complexity index is 707. The number of aliphatic hydroxyl groups is 1. The third-order valence-electron chi connectivity index (χ3n) is 2.41. The molecule has 0 saturated carbocycles. The fourth-order valence-corrected chi connectivity index (χ4v) is 1.54. The number of urea groups is 1. The second kappa shape index (κ2) is 7.03. The van der Waals surface area contributed by atoms with Gasteiger partial charge in [-0.15, -0.1) is 0 Å². The average Bonchev–Trinajstić information content (AvgIpc) is 2.48. The van der Waals surface area contributed by atoms with Gasteiger partial charge in [0.25, 0.3) is 0 Å². The summed E-state index contributed by atoms with van der Waals surface area (Å²) < 4.78 is 13.4. The molecule has 0 aliphatic rings. The number of hydrogen-bond donors (Lipinski definition) is 3. The Morgan fingerprint density at radius 2 is 2.00 bits per heavy atom. The second-order valence-corrected chi connectivity index (χ2v) is 3.93. The second-order valence-electron chi connectivity index (χ2n) is 3.93. The average molecular weight is 285 g/mol. The minimum atomic E-state index is -0.611. The van der Waals surface area contributed by atoms with E-state index in [1.54, 1.807) is 24.3 Å². The van der Waals surface area contributed by atoms with Crippen LogP contribution in [0.3, 0.4) is 0 Å². The maximum absolute atomic E-state index is 13.4. The molecule has 106 valence electrons. The first-order valence-electron chi connectivity index (χ1n) is 6.08. The van der Waals surface area contributed by atoms with E-state index < -0.39 is 11.8 Å². The van der Waals surface area contributed by atoms with Crippen molar-refractivity contribution in [2.24, 2.45) is 0 Å². The molecule has 0 bridgehead atoms. The summed E-state index contributed by atoms with van der Waals surface area (Å²) in [5, 5.41) is 13.5. The van der Waals surface area contributed by atoms with Crippen molar-refractivity contribution in [1.82, 2.24) is 4.98 Å². The Morgan fingerprint density at radius 1 is 1.19 bits per heavy atom. The number of nitrogens with one attached hydrogen (secondary N) is 2. The van der Waals surface area contributed by atoms with Gasteiger partial charge >= 0.3 is 6.03 Å². The molecule has 0 aliphatic heterocycles. The number of benzene rings is 1. The monoisotopic (exact) mass is 285 g/mol. The summed E-state index contributed by atoms with van der Waals surface area (Å²) in [7, 11) is 0. The van der Waals surface area contributed by atoms with Crippen LogP contribution in [-0.2, 0) is 0 Å². The third-order valence-corrected chi connectivity index (χ3v) is 2.41. The van der Waals surface area contributed by atoms with E-state index in [4.69, 9.17) is 5.11 Å². The minimum absolute atomic E-state index is 0.0752. The van der Waals surface area contributed by atoms with Crippen molar-refractivity contribution in [2.75, 3.05) is 17.2 Å². The first kappa shape index (κ1) is 14.5.